The zero-order chi connectivity index (χ0) is 21.6. The molecule has 1 aromatic carbocycles. The van der Waals surface area contributed by atoms with Crippen LogP contribution in [0.4, 0.5) is 11.4 Å². The lowest BCUT2D eigenvalue weighted by Crippen LogP contribution is -2.23. The van der Waals surface area contributed by atoms with E-state index in [2.05, 4.69) is 23.5 Å². The topological polar surface area (TPSA) is 86.8 Å². The summed E-state index contributed by atoms with van der Waals surface area (Å²) in [6.07, 6.45) is 0. The van der Waals surface area contributed by atoms with Crippen molar-refractivity contribution in [3.05, 3.63) is 35.9 Å². The Hall–Kier alpha value is -1.62. The third kappa shape index (κ3) is 4.30. The van der Waals surface area contributed by atoms with Gasteiger partial charge in [0.15, 0.2) is 0 Å². The minimum absolute atomic E-state index is 0.00506. The number of hydrogen-bond donors (Lipinski definition) is 1. The largest absolute Gasteiger partial charge is 0.369 e. The van der Waals surface area contributed by atoms with Crippen molar-refractivity contribution in [1.29, 1.82) is 0 Å². The molecule has 1 aliphatic heterocycles. The third-order valence-electron chi connectivity index (χ3n) is 5.34. The minimum atomic E-state index is -3.92. The first kappa shape index (κ1) is 22.1. The number of anilines is 2. The van der Waals surface area contributed by atoms with Crippen LogP contribution in [0.5, 0.6) is 0 Å². The smallest absolute Gasteiger partial charge is 0.271 e. The highest BCUT2D eigenvalue weighted by molar-refractivity contribution is 7.96. The van der Waals surface area contributed by atoms with Gasteiger partial charge < -0.3 is 4.90 Å². The fourth-order valence-electron chi connectivity index (χ4n) is 3.43. The average Bonchev–Trinajstić information content (AvgIpc) is 3.23. The van der Waals surface area contributed by atoms with E-state index in [-0.39, 0.29) is 8.42 Å². The number of nitrogens with zero attached hydrogens (tertiary/aromatic N) is 2. The van der Waals surface area contributed by atoms with E-state index in [4.69, 9.17) is 0 Å². The quantitative estimate of drug-likeness (QED) is 0.720. The molecular formula is C19H27N3O4S3. The highest BCUT2D eigenvalue weighted by Gasteiger charge is 2.30. The van der Waals surface area contributed by atoms with Crippen LogP contribution < -0.4 is 9.62 Å². The summed E-state index contributed by atoms with van der Waals surface area (Å²) in [5.74, 6) is 1.05. The molecule has 0 amide bonds. The van der Waals surface area contributed by atoms with E-state index < -0.39 is 20.0 Å². The Morgan fingerprint density at radius 3 is 2.17 bits per heavy atom. The van der Waals surface area contributed by atoms with Gasteiger partial charge >= 0.3 is 0 Å². The fraction of sp³-hybridized carbons (Fsp3) is 0.474. The number of nitrogens with one attached hydrogen (secondary N) is 1. The van der Waals surface area contributed by atoms with E-state index in [0.29, 0.717) is 17.5 Å². The van der Waals surface area contributed by atoms with Crippen molar-refractivity contribution in [2.24, 2.45) is 11.8 Å². The van der Waals surface area contributed by atoms with Gasteiger partial charge in [-0.2, -0.15) is 0 Å². The molecule has 2 atom stereocenters. The molecule has 160 valence electrons. The van der Waals surface area contributed by atoms with Crippen LogP contribution in [0.3, 0.4) is 0 Å². The molecule has 2 heterocycles. The van der Waals surface area contributed by atoms with Gasteiger partial charge in [-0.05, 0) is 42.5 Å². The lowest BCUT2D eigenvalue weighted by Gasteiger charge is -2.24. The standard InChI is InChI=1S/C19H27N3O4S3/c1-13-7-6-8-16(19(13)22-11-14(2)15(3)12-22)20-28(23,24)17-9-10-18(27-17)29(25,26)21(4)5/h6-10,14-15,20H,11-12H2,1-5H3/t14-,15-/m1/s1. The van der Waals surface area contributed by atoms with Gasteiger partial charge in [-0.1, -0.05) is 26.0 Å². The summed E-state index contributed by atoms with van der Waals surface area (Å²) in [7, 11) is -4.76. The van der Waals surface area contributed by atoms with Crippen molar-refractivity contribution in [3.8, 4) is 0 Å². The lowest BCUT2D eigenvalue weighted by atomic mass is 10.0. The lowest BCUT2D eigenvalue weighted by molar-refractivity contribution is 0.494. The second-order valence-corrected chi connectivity index (χ2v) is 13.2. The Labute approximate surface area is 177 Å². The van der Waals surface area contributed by atoms with Gasteiger partial charge in [-0.25, -0.2) is 21.1 Å². The third-order valence-corrected chi connectivity index (χ3v) is 10.6. The summed E-state index contributed by atoms with van der Waals surface area (Å²) in [5.41, 5.74) is 2.38. The Balaban J connectivity index is 1.95. The number of aryl methyl sites for hydroxylation is 1. The molecule has 1 saturated heterocycles. The summed E-state index contributed by atoms with van der Waals surface area (Å²) < 4.78 is 54.2. The monoisotopic (exact) mass is 457 g/mol. The number of thiophene rings is 1. The van der Waals surface area contributed by atoms with Crippen molar-refractivity contribution >= 4 is 42.8 Å². The van der Waals surface area contributed by atoms with Crippen LogP contribution in [0, 0.1) is 18.8 Å². The van der Waals surface area contributed by atoms with E-state index in [0.717, 1.165) is 40.0 Å². The molecule has 29 heavy (non-hydrogen) atoms. The molecule has 2 aromatic rings. The van der Waals surface area contributed by atoms with Crippen molar-refractivity contribution in [3.63, 3.8) is 0 Å². The summed E-state index contributed by atoms with van der Waals surface area (Å²) in [6.45, 7) is 8.10. The van der Waals surface area contributed by atoms with Crippen molar-refractivity contribution in [2.45, 2.75) is 29.2 Å². The Kier molecular flexibility index (Phi) is 6.01. The van der Waals surface area contributed by atoms with Crippen molar-refractivity contribution < 1.29 is 16.8 Å². The predicted molar refractivity (Wildman–Crippen MR) is 118 cm³/mol. The van der Waals surface area contributed by atoms with E-state index in [9.17, 15) is 16.8 Å². The molecule has 3 rings (SSSR count). The number of para-hydroxylation sites is 1. The van der Waals surface area contributed by atoms with Gasteiger partial charge in [0.25, 0.3) is 20.0 Å². The summed E-state index contributed by atoms with van der Waals surface area (Å²) in [5, 5.41) is 0. The maximum absolute atomic E-state index is 13.0. The molecule has 0 unspecified atom stereocenters. The molecule has 1 fully saturated rings. The summed E-state index contributed by atoms with van der Waals surface area (Å²) in [4.78, 5) is 2.22. The first-order chi connectivity index (χ1) is 13.4. The van der Waals surface area contributed by atoms with Crippen molar-refractivity contribution in [1.82, 2.24) is 4.31 Å². The molecule has 7 nitrogen and oxygen atoms in total. The van der Waals surface area contributed by atoms with E-state index in [1.807, 2.05) is 19.1 Å². The second-order valence-electron chi connectivity index (χ2n) is 7.80. The van der Waals surface area contributed by atoms with Gasteiger partial charge in [-0.15, -0.1) is 11.3 Å². The van der Waals surface area contributed by atoms with Crippen LogP contribution in [0.25, 0.3) is 0 Å². The number of benzene rings is 1. The van der Waals surface area contributed by atoms with Gasteiger partial charge in [0.05, 0.1) is 11.4 Å². The maximum atomic E-state index is 13.0. The molecule has 10 heteroatoms. The zero-order valence-electron chi connectivity index (χ0n) is 17.2. The van der Waals surface area contributed by atoms with Gasteiger partial charge in [0.1, 0.15) is 8.42 Å². The normalized spacial score (nSPS) is 20.4. The van der Waals surface area contributed by atoms with Crippen LogP contribution in [-0.4, -0.2) is 48.3 Å². The highest BCUT2D eigenvalue weighted by Crippen LogP contribution is 2.37. The van der Waals surface area contributed by atoms with Crippen LogP contribution in [0.1, 0.15) is 19.4 Å². The molecule has 1 aromatic heterocycles. The first-order valence-electron chi connectivity index (χ1n) is 9.33. The predicted octanol–water partition coefficient (Wildman–Crippen LogP) is 3.20. The number of hydrogen-bond acceptors (Lipinski definition) is 6. The van der Waals surface area contributed by atoms with Gasteiger partial charge in [-0.3, -0.25) is 4.72 Å². The molecule has 0 spiro atoms. The van der Waals surface area contributed by atoms with Gasteiger partial charge in [0, 0.05) is 27.2 Å². The molecule has 0 aliphatic carbocycles. The SMILES string of the molecule is Cc1cccc(NS(=O)(=O)c2ccc(S(=O)(=O)N(C)C)s2)c1N1C[C@@H](C)[C@H](C)C1. The Morgan fingerprint density at radius 1 is 1.00 bits per heavy atom. The molecule has 1 aliphatic rings. The maximum Gasteiger partial charge on any atom is 0.271 e. The molecular weight excluding hydrogens is 430 g/mol. The van der Waals surface area contributed by atoms with Crippen LogP contribution >= 0.6 is 11.3 Å². The highest BCUT2D eigenvalue weighted by atomic mass is 32.3. The van der Waals surface area contributed by atoms with Crippen LogP contribution in [0.2, 0.25) is 0 Å². The van der Waals surface area contributed by atoms with Crippen LogP contribution in [-0.2, 0) is 20.0 Å². The Morgan fingerprint density at radius 2 is 1.59 bits per heavy atom. The number of sulfonamides is 2. The Bertz CT molecular complexity index is 1100. The number of rotatable bonds is 6. The van der Waals surface area contributed by atoms with Crippen LogP contribution in [0.15, 0.2) is 38.8 Å². The van der Waals surface area contributed by atoms with E-state index in [1.165, 1.54) is 26.2 Å². The minimum Gasteiger partial charge on any atom is -0.369 e. The molecule has 0 saturated carbocycles. The summed E-state index contributed by atoms with van der Waals surface area (Å²) >= 11 is 0.744. The van der Waals surface area contributed by atoms with Gasteiger partial charge in [0.2, 0.25) is 0 Å². The zero-order valence-corrected chi connectivity index (χ0v) is 19.7. The fourth-order valence-corrected chi connectivity index (χ4v) is 7.44. The molecule has 0 bridgehead atoms. The van der Waals surface area contributed by atoms with E-state index >= 15 is 0 Å². The molecule has 1 N–H and O–H groups in total. The average molecular weight is 458 g/mol. The van der Waals surface area contributed by atoms with E-state index in [1.54, 1.807) is 6.07 Å². The van der Waals surface area contributed by atoms with Crippen molar-refractivity contribution in [2.75, 3.05) is 36.8 Å². The summed E-state index contributed by atoms with van der Waals surface area (Å²) in [6, 6.07) is 8.19. The molecule has 0 radical (unpaired) electrons. The first-order valence-corrected chi connectivity index (χ1v) is 13.1. The second kappa shape index (κ2) is 7.90.